The van der Waals surface area contributed by atoms with Gasteiger partial charge in [-0.15, -0.1) is 0 Å². The second-order valence-corrected chi connectivity index (χ2v) is 6.20. The molecule has 0 spiro atoms. The molecular formula is C14H17Cl2NO2. The van der Waals surface area contributed by atoms with Gasteiger partial charge >= 0.3 is 0 Å². The molecule has 1 amide bonds. The van der Waals surface area contributed by atoms with E-state index in [-0.39, 0.29) is 17.0 Å². The highest BCUT2D eigenvalue weighted by Gasteiger charge is 2.39. The van der Waals surface area contributed by atoms with E-state index in [1.165, 1.54) is 0 Å². The lowest BCUT2D eigenvalue weighted by atomic mass is 9.96. The van der Waals surface area contributed by atoms with Gasteiger partial charge in [-0.25, -0.2) is 0 Å². The minimum Gasteiger partial charge on any atom is -0.388 e. The molecule has 0 saturated carbocycles. The van der Waals surface area contributed by atoms with Crippen molar-refractivity contribution in [1.82, 2.24) is 4.90 Å². The van der Waals surface area contributed by atoms with Crippen LogP contribution in [0.15, 0.2) is 18.2 Å². The summed E-state index contributed by atoms with van der Waals surface area (Å²) in [5.74, 6) is -0.169. The topological polar surface area (TPSA) is 40.5 Å². The van der Waals surface area contributed by atoms with Gasteiger partial charge in [0.05, 0.1) is 27.3 Å². The maximum atomic E-state index is 12.5. The van der Waals surface area contributed by atoms with E-state index in [1.54, 1.807) is 36.9 Å². The van der Waals surface area contributed by atoms with Crippen molar-refractivity contribution in [2.75, 3.05) is 6.54 Å². The monoisotopic (exact) mass is 301 g/mol. The average molecular weight is 302 g/mol. The first-order valence-corrected chi connectivity index (χ1v) is 7.05. The number of benzene rings is 1. The fourth-order valence-corrected chi connectivity index (χ4v) is 2.95. The molecule has 1 heterocycles. The molecule has 1 unspecified atom stereocenters. The fourth-order valence-electron chi connectivity index (χ4n) is 2.57. The molecule has 0 radical (unpaired) electrons. The molecule has 1 fully saturated rings. The minimum atomic E-state index is -0.919. The van der Waals surface area contributed by atoms with Crippen LogP contribution in [0.2, 0.25) is 10.0 Å². The lowest BCUT2D eigenvalue weighted by Gasteiger charge is -2.34. The number of rotatable bonds is 2. The minimum absolute atomic E-state index is 0.169. The van der Waals surface area contributed by atoms with E-state index >= 15 is 0 Å². The molecule has 1 aromatic carbocycles. The zero-order valence-electron chi connectivity index (χ0n) is 11.0. The zero-order valence-corrected chi connectivity index (χ0v) is 12.5. The Kier molecular flexibility index (Phi) is 4.09. The Morgan fingerprint density at radius 3 is 2.74 bits per heavy atom. The predicted molar refractivity (Wildman–Crippen MR) is 76.8 cm³/mol. The number of likely N-dealkylation sites (tertiary alicyclic amines) is 1. The van der Waals surface area contributed by atoms with Crippen molar-refractivity contribution in [2.24, 2.45) is 0 Å². The Morgan fingerprint density at radius 1 is 1.42 bits per heavy atom. The van der Waals surface area contributed by atoms with Gasteiger partial charge in [-0.05, 0) is 38.8 Å². The molecular weight excluding hydrogens is 285 g/mol. The summed E-state index contributed by atoms with van der Waals surface area (Å²) in [6.07, 6.45) is 1.69. The van der Waals surface area contributed by atoms with Crippen LogP contribution in [0.1, 0.15) is 37.0 Å². The lowest BCUT2D eigenvalue weighted by Crippen LogP contribution is -2.48. The van der Waals surface area contributed by atoms with E-state index in [0.29, 0.717) is 17.1 Å². The molecule has 19 heavy (non-hydrogen) atoms. The molecule has 1 aliphatic rings. The van der Waals surface area contributed by atoms with E-state index in [4.69, 9.17) is 23.2 Å². The first-order chi connectivity index (χ1) is 8.82. The SMILES string of the molecule is CC(C)(O)C1CCCN1C(=O)c1cccc(Cl)c1Cl. The van der Waals surface area contributed by atoms with Crippen LogP contribution in [0.25, 0.3) is 0 Å². The van der Waals surface area contributed by atoms with Gasteiger partial charge in [0.15, 0.2) is 0 Å². The van der Waals surface area contributed by atoms with Gasteiger partial charge < -0.3 is 10.0 Å². The smallest absolute Gasteiger partial charge is 0.255 e. The lowest BCUT2D eigenvalue weighted by molar-refractivity contribution is 0.000341. The first-order valence-electron chi connectivity index (χ1n) is 6.29. The maximum absolute atomic E-state index is 12.5. The third-order valence-electron chi connectivity index (χ3n) is 3.51. The summed E-state index contributed by atoms with van der Waals surface area (Å²) >= 11 is 12.0. The van der Waals surface area contributed by atoms with Gasteiger partial charge in [0.25, 0.3) is 5.91 Å². The maximum Gasteiger partial charge on any atom is 0.255 e. The van der Waals surface area contributed by atoms with Crippen molar-refractivity contribution in [2.45, 2.75) is 38.3 Å². The number of hydrogen-bond acceptors (Lipinski definition) is 2. The number of carbonyl (C=O) groups is 1. The van der Waals surface area contributed by atoms with Crippen LogP contribution in [0.4, 0.5) is 0 Å². The van der Waals surface area contributed by atoms with E-state index in [1.807, 2.05) is 0 Å². The summed E-state index contributed by atoms with van der Waals surface area (Å²) in [5.41, 5.74) is -0.526. The van der Waals surface area contributed by atoms with Gasteiger partial charge in [0, 0.05) is 6.54 Å². The van der Waals surface area contributed by atoms with E-state index < -0.39 is 5.60 Å². The predicted octanol–water partition coefficient (Wildman–Crippen LogP) is 3.37. The van der Waals surface area contributed by atoms with E-state index in [0.717, 1.165) is 12.8 Å². The van der Waals surface area contributed by atoms with E-state index in [2.05, 4.69) is 0 Å². The zero-order chi connectivity index (χ0) is 14.2. The Bertz CT molecular complexity index is 497. The van der Waals surface area contributed by atoms with Crippen molar-refractivity contribution < 1.29 is 9.90 Å². The second kappa shape index (κ2) is 5.31. The molecule has 3 nitrogen and oxygen atoms in total. The summed E-state index contributed by atoms with van der Waals surface area (Å²) in [5, 5.41) is 10.8. The summed E-state index contributed by atoms with van der Waals surface area (Å²) < 4.78 is 0. The number of halogens is 2. The highest BCUT2D eigenvalue weighted by Crippen LogP contribution is 2.31. The third kappa shape index (κ3) is 2.88. The molecule has 1 aromatic rings. The molecule has 2 rings (SSSR count). The van der Waals surface area contributed by atoms with Crippen LogP contribution in [0, 0.1) is 0 Å². The number of amides is 1. The number of aliphatic hydroxyl groups is 1. The van der Waals surface area contributed by atoms with Crippen molar-refractivity contribution >= 4 is 29.1 Å². The largest absolute Gasteiger partial charge is 0.388 e. The summed E-state index contributed by atoms with van der Waals surface area (Å²) in [4.78, 5) is 14.2. The van der Waals surface area contributed by atoms with Crippen LogP contribution in [-0.2, 0) is 0 Å². The van der Waals surface area contributed by atoms with Gasteiger partial charge in [-0.1, -0.05) is 29.3 Å². The molecule has 5 heteroatoms. The Hall–Kier alpha value is -0.770. The van der Waals surface area contributed by atoms with E-state index in [9.17, 15) is 9.90 Å². The van der Waals surface area contributed by atoms with Gasteiger partial charge in [-0.2, -0.15) is 0 Å². The second-order valence-electron chi connectivity index (χ2n) is 5.41. The first kappa shape index (κ1) is 14.6. The number of carbonyl (C=O) groups excluding carboxylic acids is 1. The quantitative estimate of drug-likeness (QED) is 0.910. The van der Waals surface area contributed by atoms with Crippen LogP contribution in [0.3, 0.4) is 0 Å². The van der Waals surface area contributed by atoms with Crippen LogP contribution >= 0.6 is 23.2 Å². The number of hydrogen-bond donors (Lipinski definition) is 1. The normalized spacial score (nSPS) is 19.8. The fraction of sp³-hybridized carbons (Fsp3) is 0.500. The van der Waals surface area contributed by atoms with Crippen LogP contribution < -0.4 is 0 Å². The molecule has 1 atom stereocenters. The Morgan fingerprint density at radius 2 is 2.11 bits per heavy atom. The standard InChI is InChI=1S/C14H17Cl2NO2/c1-14(2,19)11-7-4-8-17(11)13(18)9-5-3-6-10(15)12(9)16/h3,5-6,11,19H,4,7-8H2,1-2H3. The third-order valence-corrected chi connectivity index (χ3v) is 4.33. The summed E-state index contributed by atoms with van der Waals surface area (Å²) in [7, 11) is 0. The molecule has 1 saturated heterocycles. The van der Waals surface area contributed by atoms with Gasteiger partial charge in [-0.3, -0.25) is 4.79 Å². The Labute approximate surface area is 123 Å². The van der Waals surface area contributed by atoms with Gasteiger partial charge in [0.1, 0.15) is 0 Å². The highest BCUT2D eigenvalue weighted by atomic mass is 35.5. The van der Waals surface area contributed by atoms with Crippen LogP contribution in [0.5, 0.6) is 0 Å². The highest BCUT2D eigenvalue weighted by molar-refractivity contribution is 6.43. The van der Waals surface area contributed by atoms with Crippen molar-refractivity contribution in [3.8, 4) is 0 Å². The van der Waals surface area contributed by atoms with Crippen molar-refractivity contribution in [3.05, 3.63) is 33.8 Å². The molecule has 1 aliphatic heterocycles. The molecule has 0 aliphatic carbocycles. The molecule has 1 N–H and O–H groups in total. The van der Waals surface area contributed by atoms with Crippen molar-refractivity contribution in [3.63, 3.8) is 0 Å². The van der Waals surface area contributed by atoms with Gasteiger partial charge in [0.2, 0.25) is 0 Å². The molecule has 0 bridgehead atoms. The summed E-state index contributed by atoms with van der Waals surface area (Å²) in [6.45, 7) is 4.09. The molecule has 0 aromatic heterocycles. The Balaban J connectivity index is 2.31. The summed E-state index contributed by atoms with van der Waals surface area (Å²) in [6, 6.07) is 4.83. The molecule has 104 valence electrons. The number of nitrogens with zero attached hydrogens (tertiary/aromatic N) is 1. The van der Waals surface area contributed by atoms with Crippen molar-refractivity contribution in [1.29, 1.82) is 0 Å². The average Bonchev–Trinajstić information content (AvgIpc) is 2.80. The van der Waals surface area contributed by atoms with Crippen LogP contribution in [-0.4, -0.2) is 34.1 Å².